The van der Waals surface area contributed by atoms with Crippen LogP contribution >= 0.6 is 0 Å². The molecule has 2 rings (SSSR count). The molecule has 1 amide bonds. The molecular formula is C14H27N3O2. The Morgan fingerprint density at radius 2 is 2.11 bits per heavy atom. The van der Waals surface area contributed by atoms with Gasteiger partial charge in [-0.05, 0) is 39.4 Å². The van der Waals surface area contributed by atoms with Crippen molar-refractivity contribution in [2.75, 3.05) is 39.4 Å². The Labute approximate surface area is 116 Å². The summed E-state index contributed by atoms with van der Waals surface area (Å²) >= 11 is 0. The second-order valence-electron chi connectivity index (χ2n) is 5.73. The molecule has 0 aromatic heterocycles. The van der Waals surface area contributed by atoms with Gasteiger partial charge in [-0.15, -0.1) is 0 Å². The van der Waals surface area contributed by atoms with Gasteiger partial charge in [-0.2, -0.15) is 0 Å². The average Bonchev–Trinajstić information content (AvgIpc) is 3.00. The minimum Gasteiger partial charge on any atom is -0.379 e. The highest BCUT2D eigenvalue weighted by molar-refractivity contribution is 5.80. The fourth-order valence-electron chi connectivity index (χ4n) is 3.02. The van der Waals surface area contributed by atoms with Crippen molar-refractivity contribution in [3.05, 3.63) is 0 Å². The molecule has 2 saturated heterocycles. The summed E-state index contributed by atoms with van der Waals surface area (Å²) in [4.78, 5) is 14.7. The first kappa shape index (κ1) is 14.8. The van der Waals surface area contributed by atoms with Gasteiger partial charge in [0.15, 0.2) is 0 Å². The first-order chi connectivity index (χ1) is 9.20. The third-order valence-corrected chi connectivity index (χ3v) is 4.00. The number of hydrogen-bond acceptors (Lipinski definition) is 4. The molecule has 0 radical (unpaired) electrons. The van der Waals surface area contributed by atoms with Crippen LogP contribution in [0.25, 0.3) is 0 Å². The van der Waals surface area contributed by atoms with E-state index in [1.165, 1.54) is 25.9 Å². The summed E-state index contributed by atoms with van der Waals surface area (Å²) in [6.45, 7) is 9.52. The van der Waals surface area contributed by atoms with Crippen molar-refractivity contribution >= 4 is 5.91 Å². The van der Waals surface area contributed by atoms with Gasteiger partial charge in [0.2, 0.25) is 5.91 Å². The maximum absolute atomic E-state index is 12.3. The summed E-state index contributed by atoms with van der Waals surface area (Å²) in [6, 6.07) is 0.387. The molecule has 2 aliphatic heterocycles. The van der Waals surface area contributed by atoms with E-state index in [-0.39, 0.29) is 23.9 Å². The Hall–Kier alpha value is -0.650. The maximum atomic E-state index is 12.3. The first-order valence-electron chi connectivity index (χ1n) is 7.54. The molecule has 2 aliphatic rings. The lowest BCUT2D eigenvalue weighted by Crippen LogP contribution is -2.48. The van der Waals surface area contributed by atoms with E-state index in [0.29, 0.717) is 13.2 Å². The fourth-order valence-corrected chi connectivity index (χ4v) is 3.02. The van der Waals surface area contributed by atoms with Gasteiger partial charge in [0.05, 0.1) is 19.1 Å². The van der Waals surface area contributed by atoms with Gasteiger partial charge >= 0.3 is 0 Å². The Kier molecular flexibility index (Phi) is 5.60. The van der Waals surface area contributed by atoms with Crippen molar-refractivity contribution in [1.82, 2.24) is 15.5 Å². The van der Waals surface area contributed by atoms with Crippen LogP contribution < -0.4 is 10.6 Å². The molecule has 2 N–H and O–H groups in total. The van der Waals surface area contributed by atoms with Gasteiger partial charge in [-0.25, -0.2) is 0 Å². The van der Waals surface area contributed by atoms with E-state index in [9.17, 15) is 4.79 Å². The van der Waals surface area contributed by atoms with Crippen LogP contribution in [0.2, 0.25) is 0 Å². The van der Waals surface area contributed by atoms with Crippen LogP contribution in [0, 0.1) is 5.92 Å². The number of nitrogens with one attached hydrogen (secondary N) is 2. The molecule has 0 saturated carbocycles. The van der Waals surface area contributed by atoms with Crippen molar-refractivity contribution < 1.29 is 9.53 Å². The number of carbonyl (C=O) groups is 1. The van der Waals surface area contributed by atoms with Crippen molar-refractivity contribution in [3.63, 3.8) is 0 Å². The van der Waals surface area contributed by atoms with Crippen LogP contribution in [0.5, 0.6) is 0 Å². The van der Waals surface area contributed by atoms with Gasteiger partial charge in [-0.1, -0.05) is 6.92 Å². The lowest BCUT2D eigenvalue weighted by Gasteiger charge is -2.24. The molecule has 0 bridgehead atoms. The van der Waals surface area contributed by atoms with Crippen LogP contribution in [0.15, 0.2) is 0 Å². The largest absolute Gasteiger partial charge is 0.379 e. The van der Waals surface area contributed by atoms with E-state index in [2.05, 4.69) is 29.4 Å². The zero-order valence-corrected chi connectivity index (χ0v) is 12.2. The molecular weight excluding hydrogens is 242 g/mol. The second-order valence-corrected chi connectivity index (χ2v) is 5.73. The molecule has 0 aromatic rings. The van der Waals surface area contributed by atoms with E-state index >= 15 is 0 Å². The highest BCUT2D eigenvalue weighted by atomic mass is 16.5. The van der Waals surface area contributed by atoms with E-state index in [0.717, 1.165) is 13.1 Å². The number of likely N-dealkylation sites (tertiary alicyclic amines) is 1. The zero-order chi connectivity index (χ0) is 13.7. The minimum absolute atomic E-state index is 0.0408. The lowest BCUT2D eigenvalue weighted by atomic mass is 10.0. The standard InChI is InChI=1S/C14H27N3O2/c1-3-15-13-10-19-9-12(13)14(18)16-11(2)8-17-6-4-5-7-17/h11-13,15H,3-10H2,1-2H3,(H,16,18). The lowest BCUT2D eigenvalue weighted by molar-refractivity contribution is -0.126. The molecule has 5 nitrogen and oxygen atoms in total. The smallest absolute Gasteiger partial charge is 0.227 e. The molecule has 0 aliphatic carbocycles. The molecule has 110 valence electrons. The molecule has 5 heteroatoms. The van der Waals surface area contributed by atoms with Crippen molar-refractivity contribution in [2.45, 2.75) is 38.8 Å². The van der Waals surface area contributed by atoms with E-state index in [1.807, 2.05) is 0 Å². The molecule has 0 aromatic carbocycles. The number of likely N-dealkylation sites (N-methyl/N-ethyl adjacent to an activating group) is 1. The summed E-state index contributed by atoms with van der Waals surface area (Å²) in [6.07, 6.45) is 2.58. The average molecular weight is 269 g/mol. The van der Waals surface area contributed by atoms with Gasteiger partial charge in [0, 0.05) is 18.6 Å². The van der Waals surface area contributed by atoms with E-state index in [1.54, 1.807) is 0 Å². The number of ether oxygens (including phenoxy) is 1. The SMILES string of the molecule is CCNC1COCC1C(=O)NC(C)CN1CCCC1. The van der Waals surface area contributed by atoms with Crippen molar-refractivity contribution in [2.24, 2.45) is 5.92 Å². The Balaban J connectivity index is 1.75. The van der Waals surface area contributed by atoms with Crippen molar-refractivity contribution in [3.8, 4) is 0 Å². The van der Waals surface area contributed by atoms with Crippen LogP contribution in [-0.2, 0) is 9.53 Å². The number of nitrogens with zero attached hydrogens (tertiary/aromatic N) is 1. The molecule has 19 heavy (non-hydrogen) atoms. The van der Waals surface area contributed by atoms with Gasteiger partial charge in [0.25, 0.3) is 0 Å². The van der Waals surface area contributed by atoms with Gasteiger partial charge < -0.3 is 20.3 Å². The molecule has 2 heterocycles. The number of hydrogen-bond donors (Lipinski definition) is 2. The number of rotatable bonds is 6. The Morgan fingerprint density at radius 1 is 1.37 bits per heavy atom. The fraction of sp³-hybridized carbons (Fsp3) is 0.929. The molecule has 0 spiro atoms. The third-order valence-electron chi connectivity index (χ3n) is 4.00. The Morgan fingerprint density at radius 3 is 2.79 bits per heavy atom. The monoisotopic (exact) mass is 269 g/mol. The predicted molar refractivity (Wildman–Crippen MR) is 75.1 cm³/mol. The zero-order valence-electron chi connectivity index (χ0n) is 12.2. The first-order valence-corrected chi connectivity index (χ1v) is 7.54. The summed E-state index contributed by atoms with van der Waals surface area (Å²) in [5, 5.41) is 6.46. The molecule has 3 atom stereocenters. The van der Waals surface area contributed by atoms with Crippen LogP contribution in [-0.4, -0.2) is 62.3 Å². The number of carbonyl (C=O) groups excluding carboxylic acids is 1. The molecule has 2 fully saturated rings. The van der Waals surface area contributed by atoms with E-state index < -0.39 is 0 Å². The highest BCUT2D eigenvalue weighted by Gasteiger charge is 2.34. The van der Waals surface area contributed by atoms with Crippen LogP contribution in [0.3, 0.4) is 0 Å². The van der Waals surface area contributed by atoms with Gasteiger partial charge in [0.1, 0.15) is 0 Å². The highest BCUT2D eigenvalue weighted by Crippen LogP contribution is 2.14. The quantitative estimate of drug-likeness (QED) is 0.724. The maximum Gasteiger partial charge on any atom is 0.227 e. The predicted octanol–water partition coefficient (Wildman–Crippen LogP) is 0.211. The minimum atomic E-state index is -0.0408. The van der Waals surface area contributed by atoms with Crippen LogP contribution in [0.1, 0.15) is 26.7 Å². The summed E-state index contributed by atoms with van der Waals surface area (Å²) in [5.41, 5.74) is 0. The van der Waals surface area contributed by atoms with E-state index in [4.69, 9.17) is 4.74 Å². The number of amides is 1. The topological polar surface area (TPSA) is 53.6 Å². The summed E-state index contributed by atoms with van der Waals surface area (Å²) in [7, 11) is 0. The normalized spacial score (nSPS) is 29.6. The second kappa shape index (κ2) is 7.22. The van der Waals surface area contributed by atoms with Crippen LogP contribution in [0.4, 0.5) is 0 Å². The Bertz CT molecular complexity index is 292. The third kappa shape index (κ3) is 4.16. The van der Waals surface area contributed by atoms with Crippen molar-refractivity contribution in [1.29, 1.82) is 0 Å². The summed E-state index contributed by atoms with van der Waals surface area (Å²) in [5.74, 6) is 0.0936. The van der Waals surface area contributed by atoms with Gasteiger partial charge in [-0.3, -0.25) is 4.79 Å². The molecule has 3 unspecified atom stereocenters. The summed E-state index contributed by atoms with van der Waals surface area (Å²) < 4.78 is 5.42.